The molecular weight excluding hydrogens is 256 g/mol. The zero-order chi connectivity index (χ0) is 15.0. The van der Waals surface area contributed by atoms with Gasteiger partial charge in [-0.2, -0.15) is 0 Å². The molecule has 20 heavy (non-hydrogen) atoms. The van der Waals surface area contributed by atoms with E-state index in [9.17, 15) is 8.78 Å². The van der Waals surface area contributed by atoms with Gasteiger partial charge in [0.05, 0.1) is 0 Å². The molecule has 1 aromatic carbocycles. The summed E-state index contributed by atoms with van der Waals surface area (Å²) in [6.45, 7) is 8.09. The van der Waals surface area contributed by atoms with Gasteiger partial charge in [0.1, 0.15) is 11.6 Å². The highest BCUT2D eigenvalue weighted by atomic mass is 19.1. The van der Waals surface area contributed by atoms with Crippen LogP contribution in [-0.2, 0) is 5.41 Å². The third-order valence-electron chi connectivity index (χ3n) is 3.82. The van der Waals surface area contributed by atoms with E-state index in [0.717, 1.165) is 56.8 Å². The van der Waals surface area contributed by atoms with Gasteiger partial charge in [0.2, 0.25) is 0 Å². The van der Waals surface area contributed by atoms with Gasteiger partial charge in [-0.1, -0.05) is 33.6 Å². The van der Waals surface area contributed by atoms with Gasteiger partial charge in [0.15, 0.2) is 0 Å². The monoisotopic (exact) mass is 283 g/mol. The minimum Gasteiger partial charge on any atom is -0.316 e. The molecule has 0 aliphatic carbocycles. The zero-order valence-corrected chi connectivity index (χ0v) is 12.9. The van der Waals surface area contributed by atoms with Crippen molar-refractivity contribution < 1.29 is 8.78 Å². The second-order valence-corrected chi connectivity index (χ2v) is 5.62. The van der Waals surface area contributed by atoms with Gasteiger partial charge in [-0.15, -0.1) is 0 Å². The molecule has 1 aromatic rings. The minimum atomic E-state index is -0.480. The first-order valence-electron chi connectivity index (χ1n) is 7.75. The molecule has 0 aliphatic rings. The smallest absolute Gasteiger partial charge is 0.126 e. The van der Waals surface area contributed by atoms with Crippen LogP contribution in [0.15, 0.2) is 18.2 Å². The summed E-state index contributed by atoms with van der Waals surface area (Å²) >= 11 is 0. The fourth-order valence-electron chi connectivity index (χ4n) is 3.01. The van der Waals surface area contributed by atoms with Gasteiger partial charge in [-0.3, -0.25) is 0 Å². The van der Waals surface area contributed by atoms with Crippen molar-refractivity contribution in [2.75, 3.05) is 13.1 Å². The Balaban J connectivity index is 3.10. The summed E-state index contributed by atoms with van der Waals surface area (Å²) in [6.07, 6.45) is 4.96. The largest absolute Gasteiger partial charge is 0.316 e. The Kier molecular flexibility index (Phi) is 7.14. The van der Waals surface area contributed by atoms with Crippen molar-refractivity contribution in [2.45, 2.75) is 58.3 Å². The Morgan fingerprint density at radius 2 is 1.45 bits per heavy atom. The lowest BCUT2D eigenvalue weighted by Gasteiger charge is -2.35. The van der Waals surface area contributed by atoms with E-state index in [-0.39, 0.29) is 5.41 Å². The Morgan fingerprint density at radius 3 is 1.90 bits per heavy atom. The van der Waals surface area contributed by atoms with Crippen LogP contribution in [0.2, 0.25) is 0 Å². The van der Waals surface area contributed by atoms with E-state index >= 15 is 0 Å². The van der Waals surface area contributed by atoms with Crippen LogP contribution >= 0.6 is 0 Å². The lowest BCUT2D eigenvalue weighted by molar-refractivity contribution is 0.332. The fourth-order valence-corrected chi connectivity index (χ4v) is 3.01. The molecule has 0 unspecified atom stereocenters. The van der Waals surface area contributed by atoms with Crippen molar-refractivity contribution in [2.24, 2.45) is 0 Å². The average molecular weight is 283 g/mol. The van der Waals surface area contributed by atoms with E-state index in [0.29, 0.717) is 0 Å². The number of halogens is 2. The molecule has 0 radical (unpaired) electrons. The molecule has 1 rings (SSSR count). The predicted molar refractivity (Wildman–Crippen MR) is 81.0 cm³/mol. The summed E-state index contributed by atoms with van der Waals surface area (Å²) in [5.74, 6) is -0.959. The lowest BCUT2D eigenvalue weighted by Crippen LogP contribution is -2.38. The van der Waals surface area contributed by atoms with Crippen molar-refractivity contribution in [3.63, 3.8) is 0 Å². The van der Waals surface area contributed by atoms with Crippen molar-refractivity contribution in [1.82, 2.24) is 5.32 Å². The van der Waals surface area contributed by atoms with E-state index < -0.39 is 11.6 Å². The highest BCUT2D eigenvalue weighted by Crippen LogP contribution is 2.34. The second-order valence-electron chi connectivity index (χ2n) is 5.62. The molecule has 0 spiro atoms. The fraction of sp³-hybridized carbons (Fsp3) is 0.647. The first-order valence-corrected chi connectivity index (χ1v) is 7.75. The van der Waals surface area contributed by atoms with Crippen LogP contribution in [-0.4, -0.2) is 13.1 Å². The summed E-state index contributed by atoms with van der Waals surface area (Å²) < 4.78 is 27.1. The highest BCUT2D eigenvalue weighted by molar-refractivity contribution is 5.28. The Labute approximate surface area is 121 Å². The second kappa shape index (κ2) is 8.35. The van der Waals surface area contributed by atoms with Crippen LogP contribution < -0.4 is 5.32 Å². The van der Waals surface area contributed by atoms with Crippen LogP contribution in [0.5, 0.6) is 0 Å². The first-order chi connectivity index (χ1) is 9.57. The zero-order valence-electron chi connectivity index (χ0n) is 12.9. The predicted octanol–water partition coefficient (Wildman–Crippen LogP) is 4.80. The van der Waals surface area contributed by atoms with Crippen LogP contribution in [0.25, 0.3) is 0 Å². The summed E-state index contributed by atoms with van der Waals surface area (Å²) in [4.78, 5) is 0. The normalized spacial score (nSPS) is 11.8. The summed E-state index contributed by atoms with van der Waals surface area (Å²) in [5, 5.41) is 3.44. The van der Waals surface area contributed by atoms with E-state index in [2.05, 4.69) is 26.1 Å². The SMILES string of the molecule is CCCNCC(CCC)(CCC)c1cc(F)cc(F)c1. The van der Waals surface area contributed by atoms with Gasteiger partial charge in [-0.25, -0.2) is 8.78 Å². The quantitative estimate of drug-likeness (QED) is 0.642. The Hall–Kier alpha value is -0.960. The van der Waals surface area contributed by atoms with Gasteiger partial charge in [0, 0.05) is 18.0 Å². The summed E-state index contributed by atoms with van der Waals surface area (Å²) in [5.41, 5.74) is 0.629. The van der Waals surface area contributed by atoms with E-state index in [1.165, 1.54) is 12.1 Å². The van der Waals surface area contributed by atoms with Gasteiger partial charge in [-0.05, 0) is 43.5 Å². The topological polar surface area (TPSA) is 12.0 Å². The van der Waals surface area contributed by atoms with Gasteiger partial charge >= 0.3 is 0 Å². The molecule has 0 amide bonds. The third-order valence-corrected chi connectivity index (χ3v) is 3.82. The molecule has 0 bridgehead atoms. The number of nitrogens with one attached hydrogen (secondary N) is 1. The van der Waals surface area contributed by atoms with Crippen LogP contribution in [0, 0.1) is 11.6 Å². The van der Waals surface area contributed by atoms with Crippen molar-refractivity contribution >= 4 is 0 Å². The molecule has 0 saturated heterocycles. The molecule has 1 N–H and O–H groups in total. The van der Waals surface area contributed by atoms with E-state index in [4.69, 9.17) is 0 Å². The van der Waals surface area contributed by atoms with Gasteiger partial charge in [0.25, 0.3) is 0 Å². The maximum atomic E-state index is 13.6. The van der Waals surface area contributed by atoms with Crippen LogP contribution in [0.3, 0.4) is 0 Å². The standard InChI is InChI=1S/C17H27F2N/c1-4-7-17(8-5-2,13-20-9-6-3)14-10-15(18)12-16(19)11-14/h10-12,20H,4-9,13H2,1-3H3. The molecule has 0 fully saturated rings. The first kappa shape index (κ1) is 17.1. The lowest BCUT2D eigenvalue weighted by atomic mass is 9.73. The minimum absolute atomic E-state index is 0.165. The molecule has 0 aliphatic heterocycles. The van der Waals surface area contributed by atoms with Crippen LogP contribution in [0.4, 0.5) is 8.78 Å². The number of hydrogen-bond donors (Lipinski definition) is 1. The molecule has 0 atom stereocenters. The summed E-state index contributed by atoms with van der Waals surface area (Å²) in [6, 6.07) is 3.95. The van der Waals surface area contributed by atoms with Crippen molar-refractivity contribution in [1.29, 1.82) is 0 Å². The van der Waals surface area contributed by atoms with Gasteiger partial charge < -0.3 is 5.32 Å². The summed E-state index contributed by atoms with van der Waals surface area (Å²) in [7, 11) is 0. The van der Waals surface area contributed by atoms with Crippen molar-refractivity contribution in [3.05, 3.63) is 35.4 Å². The number of benzene rings is 1. The third kappa shape index (κ3) is 4.55. The number of hydrogen-bond acceptors (Lipinski definition) is 1. The molecule has 3 heteroatoms. The van der Waals surface area contributed by atoms with E-state index in [1.807, 2.05) is 0 Å². The highest BCUT2D eigenvalue weighted by Gasteiger charge is 2.31. The average Bonchev–Trinajstić information content (AvgIpc) is 2.38. The van der Waals surface area contributed by atoms with E-state index in [1.54, 1.807) is 0 Å². The molecule has 1 nitrogen and oxygen atoms in total. The maximum Gasteiger partial charge on any atom is 0.126 e. The Bertz CT molecular complexity index is 378. The Morgan fingerprint density at radius 1 is 0.900 bits per heavy atom. The molecule has 0 aromatic heterocycles. The van der Waals surface area contributed by atoms with Crippen molar-refractivity contribution in [3.8, 4) is 0 Å². The maximum absolute atomic E-state index is 13.6. The molecular formula is C17H27F2N. The van der Waals surface area contributed by atoms with Crippen LogP contribution in [0.1, 0.15) is 58.4 Å². The molecule has 114 valence electrons. The molecule has 0 saturated carbocycles. The molecule has 0 heterocycles. The number of rotatable bonds is 9.